The van der Waals surface area contributed by atoms with Crippen molar-refractivity contribution in [1.29, 1.82) is 0 Å². The molecule has 1 aliphatic rings. The number of thiophene rings is 1. The third-order valence-corrected chi connectivity index (χ3v) is 5.46. The number of nitrogens with two attached hydrogens (primary N) is 1. The van der Waals surface area contributed by atoms with E-state index in [1.54, 1.807) is 11.6 Å². The monoisotopic (exact) mass is 371 g/mol. The summed E-state index contributed by atoms with van der Waals surface area (Å²) in [6, 6.07) is 9.31. The summed E-state index contributed by atoms with van der Waals surface area (Å²) in [4.78, 5) is 26.1. The van der Waals surface area contributed by atoms with Gasteiger partial charge in [-0.2, -0.15) is 0 Å². The van der Waals surface area contributed by atoms with Crippen molar-refractivity contribution in [3.8, 4) is 0 Å². The molecule has 1 aromatic heterocycles. The van der Waals surface area contributed by atoms with Gasteiger partial charge in [0.2, 0.25) is 5.91 Å². The maximum absolute atomic E-state index is 12.8. The molecule has 0 aliphatic carbocycles. The van der Waals surface area contributed by atoms with Crippen molar-refractivity contribution >= 4 is 28.2 Å². The summed E-state index contributed by atoms with van der Waals surface area (Å²) < 4.78 is 0. The molecule has 6 nitrogen and oxygen atoms in total. The van der Waals surface area contributed by atoms with Crippen molar-refractivity contribution in [2.75, 3.05) is 18.6 Å². The Morgan fingerprint density at radius 3 is 2.73 bits per heavy atom. The Hall–Kier alpha value is -2.64. The number of benzene rings is 1. The Bertz CT molecular complexity index is 845. The Morgan fingerprint density at radius 1 is 1.35 bits per heavy atom. The molecule has 1 aliphatic heterocycles. The molecular weight excluding hydrogens is 350 g/mol. The van der Waals surface area contributed by atoms with E-state index in [1.165, 1.54) is 11.3 Å². The van der Waals surface area contributed by atoms with Crippen molar-refractivity contribution in [1.82, 2.24) is 5.32 Å². The number of amides is 2. The minimum Gasteiger partial charge on any atom is -0.394 e. The fourth-order valence-corrected chi connectivity index (χ4v) is 4.05. The number of aliphatic hydroxyl groups is 1. The van der Waals surface area contributed by atoms with Crippen LogP contribution in [-0.2, 0) is 17.6 Å². The van der Waals surface area contributed by atoms with Crippen LogP contribution in [0.5, 0.6) is 0 Å². The Balaban J connectivity index is 1.76. The summed E-state index contributed by atoms with van der Waals surface area (Å²) in [5.41, 5.74) is 8.23. The molecule has 0 radical (unpaired) electrons. The first kappa shape index (κ1) is 18.2. The molecule has 0 saturated heterocycles. The number of anilines is 1. The van der Waals surface area contributed by atoms with Crippen LogP contribution in [0.3, 0.4) is 0 Å². The molecule has 136 valence electrons. The van der Waals surface area contributed by atoms with Crippen LogP contribution in [0.2, 0.25) is 0 Å². The standard InChI is InChI=1S/C19H21N3O3S/c1-22-9-13(17(20)24)8-15-16(11-26-19(15)22)18(25)21-14(10-23)7-12-5-3-2-4-6-12/h2-6,9,11,14,23H,7-8,10H2,1H3,(H2,20,24)(H,21,25). The van der Waals surface area contributed by atoms with Gasteiger partial charge in [0, 0.05) is 36.2 Å². The van der Waals surface area contributed by atoms with Crippen LogP contribution in [0, 0.1) is 0 Å². The molecule has 7 heteroatoms. The summed E-state index contributed by atoms with van der Waals surface area (Å²) in [5.74, 6) is -0.742. The number of carbonyl (C=O) groups excluding carboxylic acids is 2. The minimum atomic E-state index is -0.489. The number of hydrogen-bond donors (Lipinski definition) is 3. The lowest BCUT2D eigenvalue weighted by atomic mass is 9.99. The third kappa shape index (κ3) is 3.79. The van der Waals surface area contributed by atoms with Crippen molar-refractivity contribution in [3.63, 3.8) is 0 Å². The molecule has 0 spiro atoms. The Morgan fingerprint density at radius 2 is 2.08 bits per heavy atom. The van der Waals surface area contributed by atoms with E-state index in [1.807, 2.05) is 42.3 Å². The van der Waals surface area contributed by atoms with Gasteiger partial charge in [-0.15, -0.1) is 11.3 Å². The molecule has 0 saturated carbocycles. The highest BCUT2D eigenvalue weighted by molar-refractivity contribution is 7.14. The number of nitrogens with zero attached hydrogens (tertiary/aromatic N) is 1. The first-order valence-corrected chi connectivity index (χ1v) is 9.17. The predicted octanol–water partition coefficient (Wildman–Crippen LogP) is 1.44. The van der Waals surface area contributed by atoms with Gasteiger partial charge in [-0.25, -0.2) is 0 Å². The molecule has 2 heterocycles. The molecule has 4 N–H and O–H groups in total. The van der Waals surface area contributed by atoms with Gasteiger partial charge in [-0.1, -0.05) is 30.3 Å². The molecule has 1 aromatic carbocycles. The zero-order valence-corrected chi connectivity index (χ0v) is 15.3. The number of carbonyl (C=O) groups is 2. The minimum absolute atomic E-state index is 0.153. The molecule has 26 heavy (non-hydrogen) atoms. The molecule has 1 atom stereocenters. The molecule has 0 bridgehead atoms. The zero-order chi connectivity index (χ0) is 18.7. The lowest BCUT2D eigenvalue weighted by Gasteiger charge is -2.22. The van der Waals surface area contributed by atoms with Gasteiger partial charge >= 0.3 is 0 Å². The summed E-state index contributed by atoms with van der Waals surface area (Å²) >= 11 is 1.45. The second-order valence-corrected chi connectivity index (χ2v) is 7.14. The quantitative estimate of drug-likeness (QED) is 0.716. The SMILES string of the molecule is CN1C=C(C(N)=O)Cc2c(C(=O)NC(CO)Cc3ccccc3)csc21. The topological polar surface area (TPSA) is 95.7 Å². The number of rotatable bonds is 6. The zero-order valence-electron chi connectivity index (χ0n) is 14.4. The highest BCUT2D eigenvalue weighted by atomic mass is 32.1. The number of nitrogens with one attached hydrogen (secondary N) is 1. The summed E-state index contributed by atoms with van der Waals surface area (Å²) in [6.07, 6.45) is 2.58. The van der Waals surface area contributed by atoms with Crippen molar-refractivity contribution < 1.29 is 14.7 Å². The smallest absolute Gasteiger partial charge is 0.252 e. The van der Waals surface area contributed by atoms with Crippen LogP contribution in [0.25, 0.3) is 0 Å². The predicted molar refractivity (Wildman–Crippen MR) is 102 cm³/mol. The van der Waals surface area contributed by atoms with Crippen LogP contribution in [-0.4, -0.2) is 36.6 Å². The summed E-state index contributed by atoms with van der Waals surface area (Å²) in [7, 11) is 1.82. The van der Waals surface area contributed by atoms with Crippen LogP contribution < -0.4 is 16.0 Å². The van der Waals surface area contributed by atoms with E-state index < -0.39 is 5.91 Å². The molecule has 0 fully saturated rings. The molecule has 2 aromatic rings. The van der Waals surface area contributed by atoms with Gasteiger partial charge in [0.25, 0.3) is 5.91 Å². The lowest BCUT2D eigenvalue weighted by Crippen LogP contribution is -2.39. The number of hydrogen-bond acceptors (Lipinski definition) is 5. The van der Waals surface area contributed by atoms with E-state index in [4.69, 9.17) is 5.73 Å². The molecule has 3 rings (SSSR count). The van der Waals surface area contributed by atoms with E-state index >= 15 is 0 Å². The number of aliphatic hydroxyl groups excluding tert-OH is 1. The fraction of sp³-hybridized carbons (Fsp3) is 0.263. The number of primary amides is 1. The molecular formula is C19H21N3O3S. The van der Waals surface area contributed by atoms with Crippen molar-refractivity contribution in [2.24, 2.45) is 5.73 Å². The third-order valence-electron chi connectivity index (χ3n) is 4.35. The number of fused-ring (bicyclic) bond motifs is 1. The average molecular weight is 371 g/mol. The van der Waals surface area contributed by atoms with E-state index in [0.717, 1.165) is 16.1 Å². The van der Waals surface area contributed by atoms with Gasteiger partial charge in [-0.3, -0.25) is 9.59 Å². The lowest BCUT2D eigenvalue weighted by molar-refractivity contribution is -0.114. The molecule has 2 amide bonds. The van der Waals surface area contributed by atoms with Crippen LogP contribution in [0.1, 0.15) is 21.5 Å². The Kier molecular flexibility index (Phi) is 5.39. The summed E-state index contributed by atoms with van der Waals surface area (Å²) in [6.45, 7) is -0.153. The van der Waals surface area contributed by atoms with Gasteiger partial charge < -0.3 is 21.1 Å². The second-order valence-electron chi connectivity index (χ2n) is 6.28. The largest absolute Gasteiger partial charge is 0.394 e. The van der Waals surface area contributed by atoms with E-state index in [9.17, 15) is 14.7 Å². The van der Waals surface area contributed by atoms with Gasteiger partial charge in [0.05, 0.1) is 23.2 Å². The molecule has 1 unspecified atom stereocenters. The van der Waals surface area contributed by atoms with Crippen LogP contribution in [0.15, 0.2) is 47.5 Å². The normalized spacial score (nSPS) is 14.4. The highest BCUT2D eigenvalue weighted by Crippen LogP contribution is 2.36. The van der Waals surface area contributed by atoms with Gasteiger partial charge in [-0.05, 0) is 12.0 Å². The van der Waals surface area contributed by atoms with Crippen LogP contribution >= 0.6 is 11.3 Å². The first-order valence-electron chi connectivity index (χ1n) is 8.29. The highest BCUT2D eigenvalue weighted by Gasteiger charge is 2.26. The van der Waals surface area contributed by atoms with Crippen LogP contribution in [0.4, 0.5) is 5.00 Å². The summed E-state index contributed by atoms with van der Waals surface area (Å²) in [5, 5.41) is 15.2. The maximum Gasteiger partial charge on any atom is 0.252 e. The maximum atomic E-state index is 12.8. The first-order chi connectivity index (χ1) is 12.5. The van der Waals surface area contributed by atoms with E-state index in [2.05, 4.69) is 5.32 Å². The second kappa shape index (κ2) is 7.72. The average Bonchev–Trinajstić information content (AvgIpc) is 3.06. The van der Waals surface area contributed by atoms with E-state index in [0.29, 0.717) is 24.0 Å². The van der Waals surface area contributed by atoms with Crippen molar-refractivity contribution in [3.05, 3.63) is 64.2 Å². The van der Waals surface area contributed by atoms with Crippen molar-refractivity contribution in [2.45, 2.75) is 18.9 Å². The Labute approximate surface area is 155 Å². The van der Waals surface area contributed by atoms with E-state index in [-0.39, 0.29) is 18.6 Å². The fourth-order valence-electron chi connectivity index (χ4n) is 3.03. The van der Waals surface area contributed by atoms with Gasteiger partial charge in [0.15, 0.2) is 0 Å². The van der Waals surface area contributed by atoms with Gasteiger partial charge in [0.1, 0.15) is 0 Å².